The molecule has 26 heavy (non-hydrogen) atoms. The van der Waals surface area contributed by atoms with Crippen molar-refractivity contribution >= 4 is 23.5 Å². The molecule has 1 unspecified atom stereocenters. The molecule has 1 aromatic rings. The number of hydrogen-bond acceptors (Lipinski definition) is 4. The Bertz CT molecular complexity index is 786. The first kappa shape index (κ1) is 18.2. The summed E-state index contributed by atoms with van der Waals surface area (Å²) in [5, 5.41) is 0. The number of carbonyl (C=O) groups excluding carboxylic acids is 3. The van der Waals surface area contributed by atoms with Gasteiger partial charge < -0.3 is 14.5 Å². The molecule has 3 rings (SSSR count). The Kier molecular flexibility index (Phi) is 4.85. The summed E-state index contributed by atoms with van der Waals surface area (Å²) in [5.41, 5.74) is 1.83. The molecule has 6 heteroatoms. The molecule has 0 aliphatic carbocycles. The lowest BCUT2D eigenvalue weighted by Crippen LogP contribution is -2.40. The van der Waals surface area contributed by atoms with Crippen molar-refractivity contribution in [3.05, 3.63) is 41.6 Å². The van der Waals surface area contributed by atoms with Gasteiger partial charge in [0.25, 0.3) is 0 Å². The normalized spacial score (nSPS) is 22.1. The molecule has 0 aromatic heterocycles. The lowest BCUT2D eigenvalue weighted by Gasteiger charge is -2.27. The fourth-order valence-electron chi connectivity index (χ4n) is 3.99. The van der Waals surface area contributed by atoms with Gasteiger partial charge in [-0.25, -0.2) is 0 Å². The van der Waals surface area contributed by atoms with E-state index in [0.717, 1.165) is 11.3 Å². The molecular formula is C20H24N2O4. The number of para-hydroxylation sites is 1. The number of rotatable bonds is 3. The summed E-state index contributed by atoms with van der Waals surface area (Å²) >= 11 is 0. The number of nitrogens with zero attached hydrogens (tertiary/aromatic N) is 2. The molecule has 0 N–H and O–H groups in total. The van der Waals surface area contributed by atoms with Crippen LogP contribution >= 0.6 is 0 Å². The topological polar surface area (TPSA) is 66.9 Å². The number of hydrogen-bond donors (Lipinski definition) is 0. The van der Waals surface area contributed by atoms with E-state index in [2.05, 4.69) is 0 Å². The smallest absolute Gasteiger partial charge is 0.311 e. The molecule has 2 heterocycles. The number of amides is 2. The summed E-state index contributed by atoms with van der Waals surface area (Å²) in [6, 6.07) is 7.78. The zero-order chi connectivity index (χ0) is 18.9. The molecule has 2 amide bonds. The lowest BCUT2D eigenvalue weighted by molar-refractivity contribution is -0.142. The van der Waals surface area contributed by atoms with Crippen LogP contribution in [0.3, 0.4) is 0 Å². The van der Waals surface area contributed by atoms with Crippen molar-refractivity contribution in [1.82, 2.24) is 4.90 Å². The number of carbonyl (C=O) groups is 3. The number of allylic oxidation sites excluding steroid dienone is 1. The van der Waals surface area contributed by atoms with Crippen LogP contribution in [0.5, 0.6) is 0 Å². The van der Waals surface area contributed by atoms with Gasteiger partial charge in [-0.3, -0.25) is 14.4 Å². The van der Waals surface area contributed by atoms with Crippen LogP contribution < -0.4 is 4.90 Å². The Labute approximate surface area is 153 Å². The van der Waals surface area contributed by atoms with Crippen LogP contribution in [0.4, 0.5) is 5.69 Å². The van der Waals surface area contributed by atoms with Gasteiger partial charge in [0.1, 0.15) is 0 Å². The van der Waals surface area contributed by atoms with Crippen molar-refractivity contribution in [2.45, 2.75) is 38.5 Å². The third-order valence-corrected chi connectivity index (χ3v) is 5.30. The van der Waals surface area contributed by atoms with Crippen molar-refractivity contribution < 1.29 is 19.1 Å². The summed E-state index contributed by atoms with van der Waals surface area (Å²) in [6.45, 7) is 3.93. The SMILES string of the molecule is CCOC(=O)CC1=CCC2(CCN1C(C)=O)C(=O)N(C)c1ccccc12. The Hall–Kier alpha value is -2.63. The maximum absolute atomic E-state index is 13.1. The van der Waals surface area contributed by atoms with Crippen LogP contribution in [-0.2, 0) is 24.5 Å². The van der Waals surface area contributed by atoms with E-state index in [1.807, 2.05) is 30.3 Å². The maximum atomic E-state index is 13.1. The second-order valence-electron chi connectivity index (χ2n) is 6.77. The highest BCUT2D eigenvalue weighted by molar-refractivity contribution is 6.08. The predicted octanol–water partition coefficient (Wildman–Crippen LogP) is 2.38. The van der Waals surface area contributed by atoms with Crippen LogP contribution in [0.1, 0.15) is 38.7 Å². The molecule has 0 bridgehead atoms. The van der Waals surface area contributed by atoms with Crippen LogP contribution in [-0.4, -0.2) is 42.9 Å². The molecule has 2 aliphatic heterocycles. The summed E-state index contributed by atoms with van der Waals surface area (Å²) in [4.78, 5) is 40.5. The van der Waals surface area contributed by atoms with Crippen molar-refractivity contribution in [2.24, 2.45) is 0 Å². The highest BCUT2D eigenvalue weighted by atomic mass is 16.5. The number of ether oxygens (including phenoxy) is 1. The average molecular weight is 356 g/mol. The largest absolute Gasteiger partial charge is 0.466 e. The minimum absolute atomic E-state index is 0.0369. The summed E-state index contributed by atoms with van der Waals surface area (Å²) in [7, 11) is 1.78. The highest BCUT2D eigenvalue weighted by Gasteiger charge is 2.49. The monoisotopic (exact) mass is 356 g/mol. The summed E-state index contributed by atoms with van der Waals surface area (Å²) < 4.78 is 5.03. The van der Waals surface area contributed by atoms with Gasteiger partial charge in [-0.05, 0) is 31.4 Å². The van der Waals surface area contributed by atoms with Crippen LogP contribution in [0.2, 0.25) is 0 Å². The van der Waals surface area contributed by atoms with E-state index in [4.69, 9.17) is 4.74 Å². The van der Waals surface area contributed by atoms with E-state index in [0.29, 0.717) is 31.7 Å². The van der Waals surface area contributed by atoms with Gasteiger partial charge in [-0.15, -0.1) is 0 Å². The molecular weight excluding hydrogens is 332 g/mol. The Morgan fingerprint density at radius 2 is 2.00 bits per heavy atom. The van der Waals surface area contributed by atoms with Crippen LogP contribution in [0, 0.1) is 0 Å². The molecule has 6 nitrogen and oxygen atoms in total. The predicted molar refractivity (Wildman–Crippen MR) is 97.5 cm³/mol. The van der Waals surface area contributed by atoms with Crippen LogP contribution in [0.15, 0.2) is 36.0 Å². The second-order valence-corrected chi connectivity index (χ2v) is 6.77. The summed E-state index contributed by atoms with van der Waals surface area (Å²) in [5.74, 6) is -0.461. The third kappa shape index (κ3) is 2.89. The second kappa shape index (κ2) is 6.94. The first-order valence-corrected chi connectivity index (χ1v) is 8.91. The van der Waals surface area contributed by atoms with Gasteiger partial charge in [0.2, 0.25) is 11.8 Å². The van der Waals surface area contributed by atoms with Crippen LogP contribution in [0.25, 0.3) is 0 Å². The first-order chi connectivity index (χ1) is 12.4. The molecule has 1 atom stereocenters. The average Bonchev–Trinajstić information content (AvgIpc) is 2.75. The third-order valence-electron chi connectivity index (χ3n) is 5.30. The number of benzene rings is 1. The molecule has 1 spiro atoms. The number of anilines is 1. The fourth-order valence-corrected chi connectivity index (χ4v) is 3.99. The first-order valence-electron chi connectivity index (χ1n) is 8.91. The Morgan fingerprint density at radius 3 is 2.69 bits per heavy atom. The van der Waals surface area contributed by atoms with E-state index < -0.39 is 5.41 Å². The van der Waals surface area contributed by atoms with Gasteiger partial charge in [-0.1, -0.05) is 24.3 Å². The van der Waals surface area contributed by atoms with Gasteiger partial charge in [0.15, 0.2) is 0 Å². The molecule has 1 aromatic carbocycles. The van der Waals surface area contributed by atoms with Crippen molar-refractivity contribution in [3.63, 3.8) is 0 Å². The quantitative estimate of drug-likeness (QED) is 0.780. The van der Waals surface area contributed by atoms with E-state index in [9.17, 15) is 14.4 Å². The van der Waals surface area contributed by atoms with Gasteiger partial charge in [0, 0.05) is 31.9 Å². The van der Waals surface area contributed by atoms with Gasteiger partial charge >= 0.3 is 5.97 Å². The number of fused-ring (bicyclic) bond motifs is 2. The number of likely N-dealkylation sites (N-methyl/N-ethyl adjacent to an activating group) is 1. The van der Waals surface area contributed by atoms with Crippen molar-refractivity contribution in [2.75, 3.05) is 25.1 Å². The standard InChI is InChI=1S/C20H24N2O4/c1-4-26-18(24)13-15-9-10-20(11-12-22(15)14(2)23)16-7-5-6-8-17(16)21(3)19(20)25/h5-9H,4,10-13H2,1-3H3. The molecule has 2 aliphatic rings. The minimum Gasteiger partial charge on any atom is -0.466 e. The number of esters is 1. The van der Waals surface area contributed by atoms with Crippen molar-refractivity contribution in [1.29, 1.82) is 0 Å². The van der Waals surface area contributed by atoms with E-state index in [1.165, 1.54) is 6.92 Å². The van der Waals surface area contributed by atoms with E-state index in [1.54, 1.807) is 23.8 Å². The minimum atomic E-state index is -0.685. The molecule has 0 radical (unpaired) electrons. The van der Waals surface area contributed by atoms with Gasteiger partial charge in [-0.2, -0.15) is 0 Å². The molecule has 0 fully saturated rings. The van der Waals surface area contributed by atoms with Crippen molar-refractivity contribution in [3.8, 4) is 0 Å². The molecule has 0 saturated heterocycles. The highest BCUT2D eigenvalue weighted by Crippen LogP contribution is 2.47. The fraction of sp³-hybridized carbons (Fsp3) is 0.450. The molecule has 0 saturated carbocycles. The van der Waals surface area contributed by atoms with Gasteiger partial charge in [0.05, 0.1) is 18.4 Å². The Balaban J connectivity index is 1.98. The Morgan fingerprint density at radius 1 is 1.27 bits per heavy atom. The lowest BCUT2D eigenvalue weighted by atomic mass is 9.76. The van der Waals surface area contributed by atoms with E-state index in [-0.39, 0.29) is 24.2 Å². The zero-order valence-electron chi connectivity index (χ0n) is 15.4. The van der Waals surface area contributed by atoms with E-state index >= 15 is 0 Å². The zero-order valence-corrected chi connectivity index (χ0v) is 15.4. The summed E-state index contributed by atoms with van der Waals surface area (Å²) in [6.07, 6.45) is 2.88. The maximum Gasteiger partial charge on any atom is 0.311 e. The molecule has 138 valence electrons.